The van der Waals surface area contributed by atoms with Crippen LogP contribution in [0.5, 0.6) is 0 Å². The fraction of sp³-hybridized carbons (Fsp3) is 0.0800. The molecule has 0 aliphatic rings. The molecule has 0 amide bonds. The van der Waals surface area contributed by atoms with Crippen LogP contribution in [0.15, 0.2) is 109 Å². The molecule has 2 unspecified atom stereocenters. The molecule has 4 nitrogen and oxygen atoms in total. The van der Waals surface area contributed by atoms with Crippen molar-refractivity contribution in [2.45, 2.75) is 12.1 Å². The maximum atomic E-state index is 14.5. The fourth-order valence-electron chi connectivity index (χ4n) is 3.58. The molecule has 0 aliphatic heterocycles. The zero-order valence-electron chi connectivity index (χ0n) is 16.8. The van der Waals surface area contributed by atoms with Gasteiger partial charge < -0.3 is 5.73 Å². The number of hydrogen-bond acceptors (Lipinski definition) is 3. The summed E-state index contributed by atoms with van der Waals surface area (Å²) in [6, 6.07) is 28.8. The maximum Gasteiger partial charge on any atom is 0.205 e. The number of hydrogen-bond donors (Lipinski definition) is 2. The number of nitrogens with two attached hydrogens (primary N) is 1. The molecular formula is C25H23FN3OP. The van der Waals surface area contributed by atoms with Crippen molar-refractivity contribution in [2.75, 3.05) is 0 Å². The Morgan fingerprint density at radius 2 is 1.42 bits per heavy atom. The van der Waals surface area contributed by atoms with E-state index in [1.165, 1.54) is 12.1 Å². The quantitative estimate of drug-likeness (QED) is 0.424. The Morgan fingerprint density at radius 1 is 0.806 bits per heavy atom. The number of nitrogens with zero attached hydrogens (tertiary/aromatic N) is 1. The molecule has 0 bridgehead atoms. The van der Waals surface area contributed by atoms with Crippen LogP contribution in [0.1, 0.15) is 23.3 Å². The van der Waals surface area contributed by atoms with Crippen LogP contribution in [0.25, 0.3) is 0 Å². The first kappa shape index (κ1) is 21.1. The highest BCUT2D eigenvalue weighted by Crippen LogP contribution is 2.44. The third kappa shape index (κ3) is 4.64. The number of nitrogens with one attached hydrogen (secondary N) is 1. The molecule has 0 saturated heterocycles. The fourth-order valence-corrected chi connectivity index (χ4v) is 6.06. The van der Waals surface area contributed by atoms with Crippen molar-refractivity contribution in [1.29, 1.82) is 0 Å². The van der Waals surface area contributed by atoms with Crippen molar-refractivity contribution >= 4 is 17.9 Å². The van der Waals surface area contributed by atoms with E-state index in [4.69, 9.17) is 5.73 Å². The monoisotopic (exact) mass is 431 g/mol. The molecule has 0 spiro atoms. The minimum absolute atomic E-state index is 0.383. The predicted octanol–water partition coefficient (Wildman–Crippen LogP) is 4.48. The molecule has 3 N–H and O–H groups in total. The minimum atomic E-state index is -3.32. The number of halogens is 1. The Bertz CT molecular complexity index is 1130. The van der Waals surface area contributed by atoms with E-state index in [1.54, 1.807) is 24.4 Å². The lowest BCUT2D eigenvalue weighted by Crippen LogP contribution is -2.36. The third-order valence-corrected chi connectivity index (χ3v) is 7.85. The van der Waals surface area contributed by atoms with Crippen LogP contribution in [0.4, 0.5) is 4.39 Å². The molecular weight excluding hydrogens is 408 g/mol. The van der Waals surface area contributed by atoms with Crippen molar-refractivity contribution in [1.82, 2.24) is 10.1 Å². The molecule has 0 fully saturated rings. The molecule has 4 aromatic rings. The van der Waals surface area contributed by atoms with Crippen molar-refractivity contribution < 1.29 is 8.96 Å². The van der Waals surface area contributed by atoms with Crippen LogP contribution < -0.4 is 21.4 Å². The summed E-state index contributed by atoms with van der Waals surface area (Å²) in [7, 11) is -3.32. The predicted molar refractivity (Wildman–Crippen MR) is 123 cm³/mol. The topological polar surface area (TPSA) is 68.0 Å². The smallest absolute Gasteiger partial charge is 0.205 e. The first-order chi connectivity index (χ1) is 15.1. The summed E-state index contributed by atoms with van der Waals surface area (Å²) < 4.78 is 28.7. The van der Waals surface area contributed by atoms with Gasteiger partial charge in [0, 0.05) is 16.8 Å². The van der Waals surface area contributed by atoms with E-state index in [0.717, 1.165) is 0 Å². The summed E-state index contributed by atoms with van der Waals surface area (Å²) in [6.45, 7) is 0. The largest absolute Gasteiger partial charge is 0.321 e. The molecule has 2 atom stereocenters. The van der Waals surface area contributed by atoms with E-state index in [0.29, 0.717) is 21.9 Å². The summed E-state index contributed by atoms with van der Waals surface area (Å²) in [5.74, 6) is -0.383. The van der Waals surface area contributed by atoms with Gasteiger partial charge in [-0.25, -0.2) is 4.39 Å². The zero-order valence-corrected chi connectivity index (χ0v) is 17.7. The number of aromatic nitrogens is 1. The lowest BCUT2D eigenvalue weighted by atomic mass is 9.98. The summed E-state index contributed by atoms with van der Waals surface area (Å²) in [5, 5.41) is 4.63. The molecule has 1 heterocycles. The Balaban J connectivity index is 1.84. The summed E-state index contributed by atoms with van der Waals surface area (Å²) in [6.07, 6.45) is 1.66. The van der Waals surface area contributed by atoms with E-state index in [1.807, 2.05) is 72.8 Å². The van der Waals surface area contributed by atoms with Crippen molar-refractivity contribution in [2.24, 2.45) is 5.73 Å². The van der Waals surface area contributed by atoms with Gasteiger partial charge in [0.2, 0.25) is 7.29 Å². The molecule has 6 heteroatoms. The van der Waals surface area contributed by atoms with Gasteiger partial charge in [-0.05, 0) is 54.1 Å². The first-order valence-electron chi connectivity index (χ1n) is 9.99. The SMILES string of the molecule is NC(c1ccccn1)C(NP(=O)(c1ccccc1)c1ccccc1)c1cccc(F)c1. The van der Waals surface area contributed by atoms with Crippen LogP contribution in [0.3, 0.4) is 0 Å². The van der Waals surface area contributed by atoms with Gasteiger partial charge in [-0.2, -0.15) is 0 Å². The lowest BCUT2D eigenvalue weighted by Gasteiger charge is -2.31. The highest BCUT2D eigenvalue weighted by molar-refractivity contribution is 7.76. The van der Waals surface area contributed by atoms with Crippen LogP contribution in [0.2, 0.25) is 0 Å². The zero-order chi connectivity index (χ0) is 21.7. The van der Waals surface area contributed by atoms with Gasteiger partial charge in [0.15, 0.2) is 0 Å². The molecule has 0 radical (unpaired) electrons. The van der Waals surface area contributed by atoms with E-state index in [-0.39, 0.29) is 5.82 Å². The number of benzene rings is 3. The van der Waals surface area contributed by atoms with Gasteiger partial charge in [-0.3, -0.25) is 14.6 Å². The standard InChI is InChI=1S/C25H23FN3OP/c26-20-11-9-10-19(18-20)25(24(27)23-16-7-8-17-28-23)29-31(30,21-12-3-1-4-13-21)22-14-5-2-6-15-22/h1-18,24-25H,27H2,(H,29,30). The average Bonchev–Trinajstić information content (AvgIpc) is 2.83. The first-order valence-corrected chi connectivity index (χ1v) is 11.7. The molecule has 156 valence electrons. The minimum Gasteiger partial charge on any atom is -0.321 e. The second-order valence-corrected chi connectivity index (χ2v) is 9.73. The van der Waals surface area contributed by atoms with E-state index < -0.39 is 19.4 Å². The van der Waals surface area contributed by atoms with Gasteiger partial charge in [0.05, 0.1) is 17.8 Å². The van der Waals surface area contributed by atoms with Gasteiger partial charge in [0.25, 0.3) is 0 Å². The third-order valence-electron chi connectivity index (χ3n) is 5.16. The van der Waals surface area contributed by atoms with Gasteiger partial charge in [0.1, 0.15) is 5.82 Å². The van der Waals surface area contributed by atoms with Gasteiger partial charge in [-0.1, -0.05) is 54.6 Å². The normalized spacial score (nSPS) is 13.5. The highest BCUT2D eigenvalue weighted by atomic mass is 31.2. The second kappa shape index (κ2) is 9.36. The lowest BCUT2D eigenvalue weighted by molar-refractivity contribution is 0.500. The number of rotatable bonds is 7. The van der Waals surface area contributed by atoms with Crippen LogP contribution in [-0.2, 0) is 4.57 Å². The molecule has 4 rings (SSSR count). The number of pyridine rings is 1. The molecule has 0 aliphatic carbocycles. The summed E-state index contributed by atoms with van der Waals surface area (Å²) in [5.41, 5.74) is 7.84. The van der Waals surface area contributed by atoms with Crippen molar-refractivity contribution in [3.05, 3.63) is 126 Å². The van der Waals surface area contributed by atoms with Crippen LogP contribution in [0, 0.1) is 5.82 Å². The van der Waals surface area contributed by atoms with Gasteiger partial charge >= 0.3 is 0 Å². The Kier molecular flexibility index (Phi) is 6.38. The molecule has 3 aromatic carbocycles. The van der Waals surface area contributed by atoms with E-state index in [9.17, 15) is 8.96 Å². The van der Waals surface area contributed by atoms with Gasteiger partial charge in [-0.15, -0.1) is 0 Å². The molecule has 31 heavy (non-hydrogen) atoms. The average molecular weight is 431 g/mol. The highest BCUT2D eigenvalue weighted by Gasteiger charge is 2.34. The Hall–Kier alpha value is -3.11. The van der Waals surface area contributed by atoms with Crippen LogP contribution >= 0.6 is 7.29 Å². The van der Waals surface area contributed by atoms with Crippen LogP contribution in [-0.4, -0.2) is 4.98 Å². The Morgan fingerprint density at radius 3 is 1.97 bits per heavy atom. The van der Waals surface area contributed by atoms with E-state index in [2.05, 4.69) is 10.1 Å². The van der Waals surface area contributed by atoms with Crippen molar-refractivity contribution in [3.63, 3.8) is 0 Å². The summed E-state index contributed by atoms with van der Waals surface area (Å²) >= 11 is 0. The molecule has 1 aromatic heterocycles. The summed E-state index contributed by atoms with van der Waals surface area (Å²) in [4.78, 5) is 4.37. The van der Waals surface area contributed by atoms with E-state index >= 15 is 0 Å². The second-order valence-electron chi connectivity index (χ2n) is 7.22. The van der Waals surface area contributed by atoms with Crippen molar-refractivity contribution in [3.8, 4) is 0 Å². The maximum absolute atomic E-state index is 14.5. The molecule has 0 saturated carbocycles. The Labute approximate surface area is 181 Å².